The Kier molecular flexibility index (Phi) is 9.18. The molecule has 1 aliphatic carbocycles. The first kappa shape index (κ1) is 16.5. The number of carbonyl (C=O) groups is 1. The molecule has 3 nitrogen and oxygen atoms in total. The molecule has 1 saturated carbocycles. The molecule has 1 fully saturated rings. The van der Waals surface area contributed by atoms with Crippen molar-refractivity contribution < 1.29 is 4.79 Å². The highest BCUT2D eigenvalue weighted by Crippen LogP contribution is 2.24. The molecular weight excluding hydrogens is 236 g/mol. The first-order valence-corrected chi connectivity index (χ1v) is 6.36. The van der Waals surface area contributed by atoms with E-state index in [1.807, 2.05) is 4.90 Å². The Labute approximate surface area is 111 Å². The molecule has 0 atom stereocenters. The summed E-state index contributed by atoms with van der Waals surface area (Å²) in [6.45, 7) is 5.71. The highest BCUT2D eigenvalue weighted by atomic mass is 35.5. The number of carbonyl (C=O) groups excluding carboxylic acids is 1. The van der Waals surface area contributed by atoms with E-state index < -0.39 is 0 Å². The van der Waals surface area contributed by atoms with Crippen molar-refractivity contribution >= 4 is 18.3 Å². The average molecular weight is 261 g/mol. The third-order valence-corrected chi connectivity index (χ3v) is 3.26. The fourth-order valence-electron chi connectivity index (χ4n) is 2.40. The van der Waals surface area contributed by atoms with E-state index in [1.165, 1.54) is 32.1 Å². The van der Waals surface area contributed by atoms with Gasteiger partial charge in [0.25, 0.3) is 0 Å². The van der Waals surface area contributed by atoms with Gasteiger partial charge in [-0.15, -0.1) is 19.0 Å². The summed E-state index contributed by atoms with van der Waals surface area (Å²) in [5, 5.41) is 0. The number of hydrogen-bond donors (Lipinski definition) is 1. The fraction of sp³-hybridized carbons (Fsp3) is 0.769. The van der Waals surface area contributed by atoms with Crippen LogP contribution in [0.15, 0.2) is 12.7 Å². The SMILES string of the molecule is C=CCN(CC1CCCCC1)C(=O)CCN.Cl. The van der Waals surface area contributed by atoms with Crippen molar-refractivity contribution in [2.24, 2.45) is 11.7 Å². The Morgan fingerprint density at radius 1 is 1.35 bits per heavy atom. The fourth-order valence-corrected chi connectivity index (χ4v) is 2.40. The molecule has 0 unspecified atom stereocenters. The number of nitrogens with zero attached hydrogens (tertiary/aromatic N) is 1. The van der Waals surface area contributed by atoms with Crippen LogP contribution in [0.3, 0.4) is 0 Å². The molecule has 0 aliphatic heterocycles. The zero-order chi connectivity index (χ0) is 11.8. The lowest BCUT2D eigenvalue weighted by Crippen LogP contribution is -2.37. The van der Waals surface area contributed by atoms with Gasteiger partial charge in [0, 0.05) is 26.1 Å². The molecule has 1 aliphatic rings. The quantitative estimate of drug-likeness (QED) is 0.746. The van der Waals surface area contributed by atoms with E-state index in [0.29, 0.717) is 25.4 Å². The largest absolute Gasteiger partial charge is 0.339 e. The molecule has 0 spiro atoms. The van der Waals surface area contributed by atoms with Crippen molar-refractivity contribution in [2.45, 2.75) is 38.5 Å². The van der Waals surface area contributed by atoms with Crippen LogP contribution in [0.25, 0.3) is 0 Å². The van der Waals surface area contributed by atoms with Gasteiger partial charge in [-0.2, -0.15) is 0 Å². The van der Waals surface area contributed by atoms with Crippen molar-refractivity contribution in [3.8, 4) is 0 Å². The Morgan fingerprint density at radius 2 is 2.00 bits per heavy atom. The number of nitrogens with two attached hydrogens (primary N) is 1. The molecule has 100 valence electrons. The second kappa shape index (κ2) is 9.49. The minimum atomic E-state index is 0. The van der Waals surface area contributed by atoms with Crippen LogP contribution in [-0.2, 0) is 4.79 Å². The van der Waals surface area contributed by atoms with Crippen molar-refractivity contribution in [1.82, 2.24) is 4.90 Å². The summed E-state index contributed by atoms with van der Waals surface area (Å²) in [6.07, 6.45) is 8.79. The van der Waals surface area contributed by atoms with Gasteiger partial charge in [-0.05, 0) is 18.8 Å². The molecule has 0 aromatic rings. The predicted molar refractivity (Wildman–Crippen MR) is 74.3 cm³/mol. The number of amides is 1. The maximum atomic E-state index is 11.8. The van der Waals surface area contributed by atoms with Crippen LogP contribution >= 0.6 is 12.4 Å². The van der Waals surface area contributed by atoms with Gasteiger partial charge in [0.15, 0.2) is 0 Å². The van der Waals surface area contributed by atoms with Gasteiger partial charge in [-0.1, -0.05) is 25.3 Å². The van der Waals surface area contributed by atoms with Gasteiger partial charge in [-0.25, -0.2) is 0 Å². The lowest BCUT2D eigenvalue weighted by molar-refractivity contribution is -0.131. The minimum absolute atomic E-state index is 0. The summed E-state index contributed by atoms with van der Waals surface area (Å²) in [7, 11) is 0. The summed E-state index contributed by atoms with van der Waals surface area (Å²) in [4.78, 5) is 13.7. The van der Waals surface area contributed by atoms with Crippen molar-refractivity contribution in [3.05, 3.63) is 12.7 Å². The maximum Gasteiger partial charge on any atom is 0.224 e. The van der Waals surface area contributed by atoms with E-state index in [1.54, 1.807) is 6.08 Å². The lowest BCUT2D eigenvalue weighted by atomic mass is 9.89. The second-order valence-electron chi connectivity index (χ2n) is 4.63. The van der Waals surface area contributed by atoms with Crippen LogP contribution in [0.1, 0.15) is 38.5 Å². The normalized spacial score (nSPS) is 16.1. The molecule has 0 radical (unpaired) electrons. The van der Waals surface area contributed by atoms with Gasteiger partial charge in [0.05, 0.1) is 0 Å². The van der Waals surface area contributed by atoms with Gasteiger partial charge in [0.2, 0.25) is 5.91 Å². The van der Waals surface area contributed by atoms with E-state index in [2.05, 4.69) is 6.58 Å². The molecule has 4 heteroatoms. The molecule has 0 aromatic carbocycles. The van der Waals surface area contributed by atoms with Crippen molar-refractivity contribution in [1.29, 1.82) is 0 Å². The maximum absolute atomic E-state index is 11.8. The summed E-state index contributed by atoms with van der Waals surface area (Å²) < 4.78 is 0. The zero-order valence-electron chi connectivity index (χ0n) is 10.6. The first-order valence-electron chi connectivity index (χ1n) is 6.36. The predicted octanol–water partition coefficient (Wildman–Crippen LogP) is 2.35. The molecule has 0 saturated heterocycles. The van der Waals surface area contributed by atoms with E-state index in [9.17, 15) is 4.79 Å². The van der Waals surface area contributed by atoms with Crippen LogP contribution in [0.2, 0.25) is 0 Å². The standard InChI is InChI=1S/C13H24N2O.ClH/c1-2-10-15(13(16)8-9-14)11-12-6-4-3-5-7-12;/h2,12H,1,3-11,14H2;1H. The summed E-state index contributed by atoms with van der Waals surface area (Å²) in [5.41, 5.74) is 5.42. The van der Waals surface area contributed by atoms with Crippen LogP contribution < -0.4 is 5.73 Å². The second-order valence-corrected chi connectivity index (χ2v) is 4.63. The van der Waals surface area contributed by atoms with Crippen molar-refractivity contribution in [2.75, 3.05) is 19.6 Å². The first-order chi connectivity index (χ1) is 7.77. The number of hydrogen-bond acceptors (Lipinski definition) is 2. The number of halogens is 1. The summed E-state index contributed by atoms with van der Waals surface area (Å²) >= 11 is 0. The number of rotatable bonds is 6. The summed E-state index contributed by atoms with van der Waals surface area (Å²) in [6, 6.07) is 0. The van der Waals surface area contributed by atoms with Crippen LogP contribution in [-0.4, -0.2) is 30.4 Å². The van der Waals surface area contributed by atoms with Gasteiger partial charge >= 0.3 is 0 Å². The third kappa shape index (κ3) is 6.08. The van der Waals surface area contributed by atoms with Gasteiger partial charge in [-0.3, -0.25) is 4.79 Å². The Bertz CT molecular complexity index is 227. The highest BCUT2D eigenvalue weighted by molar-refractivity contribution is 5.85. The van der Waals surface area contributed by atoms with E-state index in [-0.39, 0.29) is 18.3 Å². The smallest absolute Gasteiger partial charge is 0.224 e. The zero-order valence-corrected chi connectivity index (χ0v) is 11.4. The molecule has 17 heavy (non-hydrogen) atoms. The molecule has 1 amide bonds. The van der Waals surface area contributed by atoms with Crippen LogP contribution in [0, 0.1) is 5.92 Å². The third-order valence-electron chi connectivity index (χ3n) is 3.26. The Hall–Kier alpha value is -0.540. The average Bonchev–Trinajstić information content (AvgIpc) is 2.30. The van der Waals surface area contributed by atoms with E-state index in [0.717, 1.165) is 6.54 Å². The van der Waals surface area contributed by atoms with Crippen molar-refractivity contribution in [3.63, 3.8) is 0 Å². The molecule has 1 rings (SSSR count). The van der Waals surface area contributed by atoms with Gasteiger partial charge in [0.1, 0.15) is 0 Å². The lowest BCUT2D eigenvalue weighted by Gasteiger charge is -2.29. The summed E-state index contributed by atoms with van der Waals surface area (Å²) in [5.74, 6) is 0.864. The van der Waals surface area contributed by atoms with Gasteiger partial charge < -0.3 is 10.6 Å². The van der Waals surface area contributed by atoms with Crippen LogP contribution in [0.5, 0.6) is 0 Å². The Balaban J connectivity index is 0.00000256. The minimum Gasteiger partial charge on any atom is -0.339 e. The monoisotopic (exact) mass is 260 g/mol. The molecule has 0 bridgehead atoms. The molecule has 2 N–H and O–H groups in total. The molecule has 0 heterocycles. The highest BCUT2D eigenvalue weighted by Gasteiger charge is 2.19. The molecule has 0 aromatic heterocycles. The van der Waals surface area contributed by atoms with E-state index in [4.69, 9.17) is 5.73 Å². The molecular formula is C13H25ClN2O. The van der Waals surface area contributed by atoms with Crippen LogP contribution in [0.4, 0.5) is 0 Å². The topological polar surface area (TPSA) is 46.3 Å². The Morgan fingerprint density at radius 3 is 2.53 bits per heavy atom. The van der Waals surface area contributed by atoms with E-state index >= 15 is 0 Å².